The number of carbonyl (C=O) groups excluding carboxylic acids is 2. The number of hydrogen-bond acceptors (Lipinski definition) is 5. The van der Waals surface area contributed by atoms with E-state index in [-0.39, 0.29) is 52.2 Å². The molecule has 37 heavy (non-hydrogen) atoms. The quantitative estimate of drug-likeness (QED) is 0.324. The topological polar surface area (TPSA) is 89.6 Å². The lowest BCUT2D eigenvalue weighted by molar-refractivity contribution is -0.201. The van der Waals surface area contributed by atoms with Crippen molar-refractivity contribution < 1.29 is 19.4 Å². The highest BCUT2D eigenvalue weighted by Crippen LogP contribution is 2.74. The number of rotatable bonds is 6. The molecule has 0 unspecified atom stereocenters. The molecule has 4 rings (SSSR count). The maximum absolute atomic E-state index is 13.1. The van der Waals surface area contributed by atoms with E-state index in [9.17, 15) is 14.7 Å². The maximum Gasteiger partial charge on any atom is 0.303 e. The average molecular weight is 516 g/mol. The minimum Gasteiger partial charge on any atom is -0.458 e. The summed E-state index contributed by atoms with van der Waals surface area (Å²) in [6.45, 7) is 17.2. The van der Waals surface area contributed by atoms with Crippen molar-refractivity contribution >= 4 is 11.8 Å². The largest absolute Gasteiger partial charge is 0.458 e. The summed E-state index contributed by atoms with van der Waals surface area (Å²) < 4.78 is 6.04. The van der Waals surface area contributed by atoms with Crippen LogP contribution >= 0.6 is 0 Å². The van der Waals surface area contributed by atoms with Crippen LogP contribution in [0.3, 0.4) is 0 Å². The Bertz CT molecular complexity index is 941. The zero-order chi connectivity index (χ0) is 27.5. The lowest BCUT2D eigenvalue weighted by Gasteiger charge is -2.68. The molecule has 210 valence electrons. The van der Waals surface area contributed by atoms with Crippen LogP contribution in [0.1, 0.15) is 113 Å². The first-order valence-electron chi connectivity index (χ1n) is 15.0. The van der Waals surface area contributed by atoms with Gasteiger partial charge in [0.25, 0.3) is 0 Å². The van der Waals surface area contributed by atoms with Gasteiger partial charge in [0, 0.05) is 18.9 Å². The molecule has 4 fully saturated rings. The maximum atomic E-state index is 13.1. The molecule has 0 saturated heterocycles. The van der Waals surface area contributed by atoms with E-state index in [1.165, 1.54) is 6.92 Å². The molecule has 5 heteroatoms. The SMILES string of the molecule is CC(=O)O[C@H]1C[C@@]2(C)[C@H](/C1=C(\CCCC(C)C)C(C)=O)[C@@H](N)C[C@H]1[C@@]3(C)CC[C@@H](O)[C@@H](C)[C@@H]3CC[C@@]12C. The van der Waals surface area contributed by atoms with Crippen molar-refractivity contribution in [2.75, 3.05) is 0 Å². The smallest absolute Gasteiger partial charge is 0.303 e. The second-order valence-electron chi connectivity index (χ2n) is 14.5. The molecule has 0 radical (unpaired) electrons. The number of fused-ring (bicyclic) bond motifs is 5. The molecule has 0 amide bonds. The van der Waals surface area contributed by atoms with Crippen LogP contribution in [-0.2, 0) is 14.3 Å². The lowest BCUT2D eigenvalue weighted by atomic mass is 9.36. The van der Waals surface area contributed by atoms with E-state index >= 15 is 0 Å². The van der Waals surface area contributed by atoms with E-state index in [1.54, 1.807) is 6.92 Å². The van der Waals surface area contributed by atoms with Crippen molar-refractivity contribution in [2.45, 2.75) is 131 Å². The Morgan fingerprint density at radius 3 is 2.38 bits per heavy atom. The molecule has 0 spiro atoms. The molecule has 0 bridgehead atoms. The van der Waals surface area contributed by atoms with Gasteiger partial charge in [-0.25, -0.2) is 0 Å². The van der Waals surface area contributed by atoms with Crippen LogP contribution in [0.25, 0.3) is 0 Å². The second kappa shape index (κ2) is 10.1. The standard InChI is InChI=1S/C32H53NO4/c1-18(2)10-9-11-22(20(4)34)28-26(37-21(5)35)17-32(8)29(28)24(33)16-27-30(6)14-13-25(36)19(3)23(30)12-15-31(27,32)7/h18-19,23-27,29,36H,9-17,33H2,1-8H3/b28-22+/t19-,23-,24-,25+,26-,27-,29-,30-,31-,32-/m0/s1. The Labute approximate surface area is 225 Å². The van der Waals surface area contributed by atoms with E-state index in [2.05, 4.69) is 41.5 Å². The highest BCUT2D eigenvalue weighted by Gasteiger charge is 2.70. The number of ether oxygens (including phenoxy) is 1. The molecule has 4 aliphatic carbocycles. The Balaban J connectivity index is 1.80. The Hall–Kier alpha value is -1.20. The molecular weight excluding hydrogens is 462 g/mol. The van der Waals surface area contributed by atoms with Gasteiger partial charge in [-0.1, -0.05) is 48.0 Å². The van der Waals surface area contributed by atoms with Crippen LogP contribution in [0.4, 0.5) is 0 Å². The van der Waals surface area contributed by atoms with Crippen molar-refractivity contribution in [2.24, 2.45) is 51.6 Å². The highest BCUT2D eigenvalue weighted by atomic mass is 16.5. The minimum absolute atomic E-state index is 0.0286. The fraction of sp³-hybridized carbons (Fsp3) is 0.875. The van der Waals surface area contributed by atoms with E-state index in [0.29, 0.717) is 23.7 Å². The van der Waals surface area contributed by atoms with Crippen molar-refractivity contribution in [3.8, 4) is 0 Å². The van der Waals surface area contributed by atoms with Gasteiger partial charge in [0.2, 0.25) is 0 Å². The number of allylic oxidation sites excluding steroid dienone is 1. The Kier molecular flexibility index (Phi) is 7.85. The lowest BCUT2D eigenvalue weighted by Crippen LogP contribution is -2.65. The van der Waals surface area contributed by atoms with Crippen LogP contribution in [0.2, 0.25) is 0 Å². The van der Waals surface area contributed by atoms with E-state index in [1.807, 2.05) is 0 Å². The highest BCUT2D eigenvalue weighted by molar-refractivity contribution is 5.94. The summed E-state index contributed by atoms with van der Waals surface area (Å²) in [5.74, 6) is 1.71. The van der Waals surface area contributed by atoms with Gasteiger partial charge < -0.3 is 15.6 Å². The number of nitrogens with two attached hydrogens (primary N) is 1. The van der Waals surface area contributed by atoms with Gasteiger partial charge in [0.05, 0.1) is 6.10 Å². The monoisotopic (exact) mass is 515 g/mol. The molecule has 0 aromatic heterocycles. The van der Waals surface area contributed by atoms with Crippen molar-refractivity contribution in [1.29, 1.82) is 0 Å². The van der Waals surface area contributed by atoms with Gasteiger partial charge in [-0.2, -0.15) is 0 Å². The summed E-state index contributed by atoms with van der Waals surface area (Å²) in [5, 5.41) is 10.7. The first-order valence-corrected chi connectivity index (χ1v) is 15.0. The van der Waals surface area contributed by atoms with Crippen LogP contribution < -0.4 is 5.73 Å². The predicted molar refractivity (Wildman–Crippen MR) is 148 cm³/mol. The van der Waals surface area contributed by atoms with Gasteiger partial charge in [-0.15, -0.1) is 0 Å². The number of hydrogen-bond donors (Lipinski definition) is 2. The zero-order valence-electron chi connectivity index (χ0n) is 24.7. The van der Waals surface area contributed by atoms with Crippen LogP contribution in [0.15, 0.2) is 11.1 Å². The summed E-state index contributed by atoms with van der Waals surface area (Å²) in [7, 11) is 0. The molecule has 3 N–H and O–H groups in total. The van der Waals surface area contributed by atoms with Crippen LogP contribution in [0, 0.1) is 45.8 Å². The number of esters is 1. The Morgan fingerprint density at radius 2 is 1.78 bits per heavy atom. The normalized spacial score (nSPS) is 46.6. The molecule has 0 aromatic carbocycles. The average Bonchev–Trinajstić information content (AvgIpc) is 3.08. The molecule has 5 nitrogen and oxygen atoms in total. The summed E-state index contributed by atoms with van der Waals surface area (Å²) >= 11 is 0. The molecule has 0 aromatic rings. The molecular formula is C32H53NO4. The summed E-state index contributed by atoms with van der Waals surface area (Å²) in [6, 6.07) is -0.0733. The summed E-state index contributed by atoms with van der Waals surface area (Å²) in [4.78, 5) is 25.4. The van der Waals surface area contributed by atoms with Crippen molar-refractivity contribution in [1.82, 2.24) is 0 Å². The van der Waals surface area contributed by atoms with Crippen molar-refractivity contribution in [3.05, 3.63) is 11.1 Å². The van der Waals surface area contributed by atoms with Gasteiger partial charge in [-0.05, 0) is 109 Å². The third-order valence-electron chi connectivity index (χ3n) is 12.1. The second-order valence-corrected chi connectivity index (χ2v) is 14.5. The molecule has 10 atom stereocenters. The van der Waals surface area contributed by atoms with E-state index in [0.717, 1.165) is 68.9 Å². The number of aliphatic hydroxyl groups excluding tert-OH is 1. The summed E-state index contributed by atoms with van der Waals surface area (Å²) in [6.07, 6.45) is 7.97. The summed E-state index contributed by atoms with van der Waals surface area (Å²) in [5.41, 5.74) is 9.10. The van der Waals surface area contributed by atoms with Crippen molar-refractivity contribution in [3.63, 3.8) is 0 Å². The number of carbonyl (C=O) groups is 2. The van der Waals surface area contributed by atoms with E-state index < -0.39 is 0 Å². The Morgan fingerprint density at radius 1 is 1.11 bits per heavy atom. The molecule has 4 aliphatic rings. The number of ketones is 1. The molecule has 4 saturated carbocycles. The zero-order valence-corrected chi connectivity index (χ0v) is 24.7. The molecule has 0 heterocycles. The van der Waals surface area contributed by atoms with Gasteiger partial charge >= 0.3 is 5.97 Å². The minimum atomic E-state index is -0.371. The molecule has 0 aliphatic heterocycles. The predicted octanol–water partition coefficient (Wildman–Crippen LogP) is 6.22. The number of aliphatic hydroxyl groups is 1. The van der Waals surface area contributed by atoms with Crippen LogP contribution in [-0.4, -0.2) is 35.1 Å². The fourth-order valence-electron chi connectivity index (χ4n) is 10.1. The number of Topliss-reactive ketones (excluding diaryl/α,β-unsaturated/α-hetero) is 1. The fourth-order valence-corrected chi connectivity index (χ4v) is 10.1. The third kappa shape index (κ3) is 4.54. The third-order valence-corrected chi connectivity index (χ3v) is 12.1. The van der Waals surface area contributed by atoms with Crippen LogP contribution in [0.5, 0.6) is 0 Å². The first-order chi connectivity index (χ1) is 17.2. The van der Waals surface area contributed by atoms with Gasteiger partial charge in [-0.3, -0.25) is 9.59 Å². The first kappa shape index (κ1) is 28.8. The van der Waals surface area contributed by atoms with E-state index in [4.69, 9.17) is 10.5 Å². The van der Waals surface area contributed by atoms with Gasteiger partial charge in [0.15, 0.2) is 5.78 Å². The van der Waals surface area contributed by atoms with Gasteiger partial charge in [0.1, 0.15) is 6.10 Å².